The maximum absolute atomic E-state index is 13.4. The molecule has 3 rings (SSSR count). The summed E-state index contributed by atoms with van der Waals surface area (Å²) in [7, 11) is 0. The first kappa shape index (κ1) is 18.5. The molecule has 8 heteroatoms. The molecule has 0 unspecified atom stereocenters. The van der Waals surface area contributed by atoms with Gasteiger partial charge in [-0.2, -0.15) is 4.39 Å². The first-order valence-corrected chi connectivity index (χ1v) is 8.98. The highest BCUT2D eigenvalue weighted by Gasteiger charge is 2.18. The third-order valence-corrected chi connectivity index (χ3v) is 4.80. The SMILES string of the molecule is O=C(CNc1ccc(F)c([N+](=O)[O-])c1)N[C@@H](c1ccccc1)c1cccs1. The number of anilines is 1. The minimum absolute atomic E-state index is 0.0997. The molecule has 0 saturated heterocycles. The molecule has 0 aliphatic carbocycles. The summed E-state index contributed by atoms with van der Waals surface area (Å²) in [6.07, 6.45) is 0. The van der Waals surface area contributed by atoms with E-state index in [1.54, 1.807) is 0 Å². The van der Waals surface area contributed by atoms with Crippen LogP contribution < -0.4 is 10.6 Å². The Bertz CT molecular complexity index is 933. The molecule has 0 fully saturated rings. The fourth-order valence-electron chi connectivity index (χ4n) is 2.58. The number of nitro benzene ring substituents is 1. The van der Waals surface area contributed by atoms with Crippen LogP contribution in [0, 0.1) is 15.9 Å². The summed E-state index contributed by atoms with van der Waals surface area (Å²) in [6.45, 7) is -0.0997. The molecule has 0 bridgehead atoms. The summed E-state index contributed by atoms with van der Waals surface area (Å²) in [5.74, 6) is -1.21. The molecule has 138 valence electrons. The van der Waals surface area contributed by atoms with Crippen LogP contribution in [0.3, 0.4) is 0 Å². The Morgan fingerprint density at radius 3 is 2.59 bits per heavy atom. The average Bonchev–Trinajstić information content (AvgIpc) is 3.20. The van der Waals surface area contributed by atoms with Crippen LogP contribution in [0.25, 0.3) is 0 Å². The van der Waals surface area contributed by atoms with Gasteiger partial charge in [-0.05, 0) is 29.1 Å². The van der Waals surface area contributed by atoms with Crippen molar-refractivity contribution in [2.24, 2.45) is 0 Å². The maximum atomic E-state index is 13.4. The maximum Gasteiger partial charge on any atom is 0.306 e. The van der Waals surface area contributed by atoms with E-state index in [4.69, 9.17) is 0 Å². The Morgan fingerprint density at radius 2 is 1.93 bits per heavy atom. The summed E-state index contributed by atoms with van der Waals surface area (Å²) in [5.41, 5.74) is 0.609. The van der Waals surface area contributed by atoms with Gasteiger partial charge in [0.05, 0.1) is 17.5 Å². The first-order chi connectivity index (χ1) is 13.0. The lowest BCUT2D eigenvalue weighted by Crippen LogP contribution is -2.33. The van der Waals surface area contributed by atoms with Crippen molar-refractivity contribution in [3.05, 3.63) is 92.4 Å². The van der Waals surface area contributed by atoms with E-state index in [9.17, 15) is 19.3 Å². The highest BCUT2D eigenvalue weighted by Crippen LogP contribution is 2.26. The van der Waals surface area contributed by atoms with E-state index in [1.165, 1.54) is 17.4 Å². The molecule has 1 amide bonds. The van der Waals surface area contributed by atoms with E-state index < -0.39 is 16.4 Å². The number of nitro groups is 1. The lowest BCUT2D eigenvalue weighted by Gasteiger charge is -2.18. The van der Waals surface area contributed by atoms with Crippen LogP contribution in [0.1, 0.15) is 16.5 Å². The number of thiophene rings is 1. The van der Waals surface area contributed by atoms with Gasteiger partial charge in [0.25, 0.3) is 0 Å². The Kier molecular flexibility index (Phi) is 5.77. The smallest absolute Gasteiger partial charge is 0.306 e. The average molecular weight is 385 g/mol. The van der Waals surface area contributed by atoms with Gasteiger partial charge in [-0.25, -0.2) is 0 Å². The predicted molar refractivity (Wildman–Crippen MR) is 102 cm³/mol. The van der Waals surface area contributed by atoms with Crippen LogP contribution in [-0.2, 0) is 4.79 Å². The van der Waals surface area contributed by atoms with Crippen LogP contribution in [-0.4, -0.2) is 17.4 Å². The molecule has 1 aromatic heterocycles. The number of amides is 1. The summed E-state index contributed by atoms with van der Waals surface area (Å²) >= 11 is 1.54. The van der Waals surface area contributed by atoms with Gasteiger partial charge >= 0.3 is 5.69 Å². The van der Waals surface area contributed by atoms with E-state index >= 15 is 0 Å². The Morgan fingerprint density at radius 1 is 1.15 bits per heavy atom. The first-order valence-electron chi connectivity index (χ1n) is 8.10. The van der Waals surface area contributed by atoms with E-state index in [-0.39, 0.29) is 18.5 Å². The van der Waals surface area contributed by atoms with Crippen molar-refractivity contribution in [2.75, 3.05) is 11.9 Å². The molecule has 0 aliphatic rings. The topological polar surface area (TPSA) is 84.3 Å². The van der Waals surface area contributed by atoms with Gasteiger partial charge in [-0.3, -0.25) is 14.9 Å². The Labute approximate surface area is 158 Å². The van der Waals surface area contributed by atoms with Crippen molar-refractivity contribution < 1.29 is 14.1 Å². The third kappa shape index (κ3) is 4.68. The van der Waals surface area contributed by atoms with Gasteiger partial charge in [0.1, 0.15) is 0 Å². The number of hydrogen-bond acceptors (Lipinski definition) is 5. The standard InChI is InChI=1S/C19H16FN3O3S/c20-15-9-8-14(11-16(15)23(25)26)21-12-18(24)22-19(17-7-4-10-27-17)13-5-2-1-3-6-13/h1-11,19,21H,12H2,(H,22,24)/t19-/m0/s1. The number of carbonyl (C=O) groups excluding carboxylic acids is 1. The molecule has 0 aliphatic heterocycles. The largest absolute Gasteiger partial charge is 0.376 e. The zero-order chi connectivity index (χ0) is 19.2. The number of carbonyl (C=O) groups is 1. The third-order valence-electron chi connectivity index (χ3n) is 3.86. The highest BCUT2D eigenvalue weighted by molar-refractivity contribution is 7.10. The van der Waals surface area contributed by atoms with E-state index in [2.05, 4.69) is 10.6 Å². The van der Waals surface area contributed by atoms with Crippen LogP contribution in [0.5, 0.6) is 0 Å². The highest BCUT2D eigenvalue weighted by atomic mass is 32.1. The quantitative estimate of drug-likeness (QED) is 0.473. The van der Waals surface area contributed by atoms with E-state index in [0.29, 0.717) is 5.69 Å². The van der Waals surface area contributed by atoms with Gasteiger partial charge in [0, 0.05) is 16.6 Å². The van der Waals surface area contributed by atoms with Crippen LogP contribution >= 0.6 is 11.3 Å². The Balaban J connectivity index is 1.69. The fourth-order valence-corrected chi connectivity index (χ4v) is 3.38. The number of halogens is 1. The number of rotatable bonds is 7. The number of benzene rings is 2. The molecule has 1 heterocycles. The van der Waals surface area contributed by atoms with E-state index in [1.807, 2.05) is 47.8 Å². The van der Waals surface area contributed by atoms with Crippen molar-refractivity contribution in [1.29, 1.82) is 0 Å². The molecule has 2 aromatic carbocycles. The summed E-state index contributed by atoms with van der Waals surface area (Å²) in [5, 5.41) is 18.5. The van der Waals surface area contributed by atoms with Gasteiger partial charge in [0.15, 0.2) is 0 Å². The summed E-state index contributed by atoms with van der Waals surface area (Å²) in [6, 6.07) is 16.6. The second kappa shape index (κ2) is 8.41. The van der Waals surface area contributed by atoms with Gasteiger partial charge < -0.3 is 10.6 Å². The van der Waals surface area contributed by atoms with Crippen LogP contribution in [0.4, 0.5) is 15.8 Å². The van der Waals surface area contributed by atoms with Crippen LogP contribution in [0.15, 0.2) is 66.0 Å². The molecule has 3 aromatic rings. The predicted octanol–water partition coefficient (Wildman–Crippen LogP) is 4.11. The van der Waals surface area contributed by atoms with Gasteiger partial charge in [-0.15, -0.1) is 11.3 Å². The van der Waals surface area contributed by atoms with Gasteiger partial charge in [-0.1, -0.05) is 36.4 Å². The Hall–Kier alpha value is -3.26. The fraction of sp³-hybridized carbons (Fsp3) is 0.105. The monoisotopic (exact) mass is 385 g/mol. The molecule has 0 saturated carbocycles. The normalized spacial score (nSPS) is 11.6. The second-order valence-electron chi connectivity index (χ2n) is 5.70. The molecular formula is C19H16FN3O3S. The molecule has 0 radical (unpaired) electrons. The molecule has 6 nitrogen and oxygen atoms in total. The van der Waals surface area contributed by atoms with Gasteiger partial charge in [0.2, 0.25) is 11.7 Å². The van der Waals surface area contributed by atoms with Crippen molar-refractivity contribution in [1.82, 2.24) is 5.32 Å². The van der Waals surface area contributed by atoms with Crippen molar-refractivity contribution in [3.63, 3.8) is 0 Å². The summed E-state index contributed by atoms with van der Waals surface area (Å²) < 4.78 is 13.4. The minimum atomic E-state index is -0.920. The molecule has 1 atom stereocenters. The minimum Gasteiger partial charge on any atom is -0.376 e. The van der Waals surface area contributed by atoms with Crippen molar-refractivity contribution in [3.8, 4) is 0 Å². The van der Waals surface area contributed by atoms with E-state index in [0.717, 1.165) is 22.6 Å². The lowest BCUT2D eigenvalue weighted by atomic mass is 10.1. The molecule has 2 N–H and O–H groups in total. The number of nitrogens with zero attached hydrogens (tertiary/aromatic N) is 1. The lowest BCUT2D eigenvalue weighted by molar-refractivity contribution is -0.387. The zero-order valence-corrected chi connectivity index (χ0v) is 14.9. The van der Waals surface area contributed by atoms with Crippen molar-refractivity contribution in [2.45, 2.75) is 6.04 Å². The zero-order valence-electron chi connectivity index (χ0n) is 14.1. The second-order valence-corrected chi connectivity index (χ2v) is 6.68. The number of hydrogen-bond donors (Lipinski definition) is 2. The number of nitrogens with one attached hydrogen (secondary N) is 2. The van der Waals surface area contributed by atoms with Crippen LogP contribution in [0.2, 0.25) is 0 Å². The van der Waals surface area contributed by atoms with Crippen molar-refractivity contribution >= 4 is 28.6 Å². The molecular weight excluding hydrogens is 369 g/mol. The molecule has 27 heavy (non-hydrogen) atoms. The molecule has 0 spiro atoms. The summed E-state index contributed by atoms with van der Waals surface area (Å²) in [4.78, 5) is 23.4.